The van der Waals surface area contributed by atoms with Crippen LogP contribution in [0.15, 0.2) is 12.1 Å². The van der Waals surface area contributed by atoms with Crippen molar-refractivity contribution in [2.45, 2.75) is 39.2 Å². The van der Waals surface area contributed by atoms with E-state index in [2.05, 4.69) is 27.6 Å². The molecule has 0 saturated carbocycles. The van der Waals surface area contributed by atoms with Crippen molar-refractivity contribution in [3.63, 3.8) is 0 Å². The zero-order valence-corrected chi connectivity index (χ0v) is 13.0. The Balaban J connectivity index is 2.27. The molecule has 0 aliphatic carbocycles. The number of halogens is 1. The lowest BCUT2D eigenvalue weighted by atomic mass is 10.1. The smallest absolute Gasteiger partial charge is 0.416 e. The first kappa shape index (κ1) is 13.6. The van der Waals surface area contributed by atoms with E-state index in [1.54, 1.807) is 4.90 Å². The van der Waals surface area contributed by atoms with Crippen molar-refractivity contribution < 1.29 is 9.53 Å². The van der Waals surface area contributed by atoms with Crippen LogP contribution in [0.25, 0.3) is 0 Å². The molecular weight excluding hydrogens is 343 g/mol. The Bertz CT molecular complexity index is 469. The molecule has 18 heavy (non-hydrogen) atoms. The molecule has 5 heteroatoms. The second kappa shape index (κ2) is 5.03. The zero-order valence-electron chi connectivity index (χ0n) is 10.9. The summed E-state index contributed by atoms with van der Waals surface area (Å²) in [5, 5.41) is 0. The molecule has 1 aromatic heterocycles. The third-order valence-electron chi connectivity index (χ3n) is 2.62. The van der Waals surface area contributed by atoms with Gasteiger partial charge in [0.25, 0.3) is 0 Å². The minimum Gasteiger partial charge on any atom is -0.443 e. The van der Waals surface area contributed by atoms with Crippen LogP contribution in [0.1, 0.15) is 32.8 Å². The summed E-state index contributed by atoms with van der Waals surface area (Å²) >= 11 is 2.16. The van der Waals surface area contributed by atoms with Crippen LogP contribution in [-0.2, 0) is 11.2 Å². The van der Waals surface area contributed by atoms with Gasteiger partial charge in [0.1, 0.15) is 15.1 Å². The number of carbonyl (C=O) groups excluding carboxylic acids is 1. The number of aromatic nitrogens is 1. The van der Waals surface area contributed by atoms with Gasteiger partial charge in [-0.3, -0.25) is 4.90 Å². The molecule has 1 amide bonds. The van der Waals surface area contributed by atoms with Gasteiger partial charge in [0.15, 0.2) is 0 Å². The predicted molar refractivity (Wildman–Crippen MR) is 78.9 cm³/mol. The normalized spacial score (nSPS) is 15.2. The van der Waals surface area contributed by atoms with E-state index in [4.69, 9.17) is 4.74 Å². The largest absolute Gasteiger partial charge is 0.443 e. The standard InChI is InChI=1S/C13H17IN2O2/c1-13(2,3)18-12(17)16-8-4-5-9-6-7-10(14)15-11(9)16/h6-7H,4-5,8H2,1-3H3. The molecule has 0 aromatic carbocycles. The maximum atomic E-state index is 12.1. The number of pyridine rings is 1. The van der Waals surface area contributed by atoms with Gasteiger partial charge in [-0.15, -0.1) is 0 Å². The van der Waals surface area contributed by atoms with E-state index < -0.39 is 5.60 Å². The number of anilines is 1. The highest BCUT2D eigenvalue weighted by molar-refractivity contribution is 14.1. The van der Waals surface area contributed by atoms with Crippen LogP contribution < -0.4 is 4.90 Å². The van der Waals surface area contributed by atoms with E-state index in [9.17, 15) is 4.79 Å². The predicted octanol–water partition coefficient (Wildman–Crippen LogP) is 3.37. The van der Waals surface area contributed by atoms with Gasteiger partial charge in [0.2, 0.25) is 0 Å². The van der Waals surface area contributed by atoms with Crippen molar-refractivity contribution in [2.75, 3.05) is 11.4 Å². The van der Waals surface area contributed by atoms with Crippen molar-refractivity contribution in [2.24, 2.45) is 0 Å². The first-order chi connectivity index (χ1) is 8.37. The highest BCUT2D eigenvalue weighted by Crippen LogP contribution is 2.27. The van der Waals surface area contributed by atoms with Crippen LogP contribution in [0, 0.1) is 3.70 Å². The summed E-state index contributed by atoms with van der Waals surface area (Å²) in [5.41, 5.74) is 0.643. The van der Waals surface area contributed by atoms with Crippen molar-refractivity contribution in [3.8, 4) is 0 Å². The van der Waals surface area contributed by atoms with E-state index in [0.29, 0.717) is 6.54 Å². The van der Waals surface area contributed by atoms with E-state index >= 15 is 0 Å². The number of nitrogens with zero attached hydrogens (tertiary/aromatic N) is 2. The molecule has 1 aliphatic heterocycles. The van der Waals surface area contributed by atoms with E-state index in [-0.39, 0.29) is 6.09 Å². The summed E-state index contributed by atoms with van der Waals surface area (Å²) < 4.78 is 6.31. The molecular formula is C13H17IN2O2. The fourth-order valence-electron chi connectivity index (χ4n) is 1.91. The summed E-state index contributed by atoms with van der Waals surface area (Å²) in [6, 6.07) is 4.01. The van der Waals surface area contributed by atoms with Crippen LogP contribution in [0.4, 0.5) is 10.6 Å². The van der Waals surface area contributed by atoms with Crippen molar-refractivity contribution in [3.05, 3.63) is 21.4 Å². The van der Waals surface area contributed by atoms with E-state index in [1.807, 2.05) is 32.9 Å². The Morgan fingerprint density at radius 3 is 2.83 bits per heavy atom. The monoisotopic (exact) mass is 360 g/mol. The number of carbonyl (C=O) groups is 1. The third-order valence-corrected chi connectivity index (χ3v) is 3.22. The van der Waals surface area contributed by atoms with Crippen LogP contribution in [0.5, 0.6) is 0 Å². The lowest BCUT2D eigenvalue weighted by Gasteiger charge is -2.30. The van der Waals surface area contributed by atoms with Gasteiger partial charge in [-0.25, -0.2) is 9.78 Å². The molecule has 0 N–H and O–H groups in total. The van der Waals surface area contributed by atoms with Crippen molar-refractivity contribution in [1.82, 2.24) is 4.98 Å². The molecule has 0 saturated heterocycles. The summed E-state index contributed by atoms with van der Waals surface area (Å²) in [4.78, 5) is 18.3. The maximum Gasteiger partial charge on any atom is 0.416 e. The number of rotatable bonds is 0. The molecule has 2 heterocycles. The summed E-state index contributed by atoms with van der Waals surface area (Å²) in [6.07, 6.45) is 1.62. The highest BCUT2D eigenvalue weighted by atomic mass is 127. The fraction of sp³-hybridized carbons (Fsp3) is 0.538. The molecule has 1 aromatic rings. The second-order valence-electron chi connectivity index (χ2n) is 5.35. The Labute approximate surface area is 121 Å². The molecule has 1 aliphatic rings. The highest BCUT2D eigenvalue weighted by Gasteiger charge is 2.28. The minimum atomic E-state index is -0.476. The van der Waals surface area contributed by atoms with E-state index in [0.717, 1.165) is 27.9 Å². The molecule has 4 nitrogen and oxygen atoms in total. The van der Waals surface area contributed by atoms with Gasteiger partial charge in [0.05, 0.1) is 0 Å². The number of aryl methyl sites for hydroxylation is 1. The van der Waals surface area contributed by atoms with E-state index in [1.165, 1.54) is 0 Å². The third kappa shape index (κ3) is 3.13. The van der Waals surface area contributed by atoms with Gasteiger partial charge in [-0.2, -0.15) is 0 Å². The quantitative estimate of drug-likeness (QED) is 0.526. The molecule has 0 radical (unpaired) electrons. The summed E-state index contributed by atoms with van der Waals surface area (Å²) in [6.45, 7) is 6.29. The first-order valence-electron chi connectivity index (χ1n) is 6.03. The van der Waals surface area contributed by atoms with Crippen molar-refractivity contribution >= 4 is 34.5 Å². The molecule has 98 valence electrons. The topological polar surface area (TPSA) is 42.4 Å². The summed E-state index contributed by atoms with van der Waals surface area (Å²) in [5.74, 6) is 0.752. The van der Waals surface area contributed by atoms with Gasteiger partial charge >= 0.3 is 6.09 Å². The van der Waals surface area contributed by atoms with Crippen LogP contribution in [-0.4, -0.2) is 23.2 Å². The fourth-order valence-corrected chi connectivity index (χ4v) is 2.32. The zero-order chi connectivity index (χ0) is 13.3. The van der Waals surface area contributed by atoms with Crippen LogP contribution in [0.2, 0.25) is 0 Å². The number of amides is 1. The summed E-state index contributed by atoms with van der Waals surface area (Å²) in [7, 11) is 0. The number of fused-ring (bicyclic) bond motifs is 1. The molecule has 0 bridgehead atoms. The number of hydrogen-bond acceptors (Lipinski definition) is 3. The Kier molecular flexibility index (Phi) is 3.79. The number of hydrogen-bond donors (Lipinski definition) is 0. The number of ether oxygens (including phenoxy) is 1. The second-order valence-corrected chi connectivity index (χ2v) is 6.46. The van der Waals surface area contributed by atoms with Gasteiger partial charge in [-0.1, -0.05) is 6.07 Å². The maximum absolute atomic E-state index is 12.1. The van der Waals surface area contributed by atoms with Crippen molar-refractivity contribution in [1.29, 1.82) is 0 Å². The Morgan fingerprint density at radius 1 is 1.44 bits per heavy atom. The molecule has 0 fully saturated rings. The first-order valence-corrected chi connectivity index (χ1v) is 7.10. The SMILES string of the molecule is CC(C)(C)OC(=O)N1CCCc2ccc(I)nc21. The molecule has 0 spiro atoms. The molecule has 0 unspecified atom stereocenters. The average Bonchev–Trinajstić information content (AvgIpc) is 2.25. The lowest BCUT2D eigenvalue weighted by molar-refractivity contribution is 0.0576. The Hall–Kier alpha value is -0.850. The average molecular weight is 360 g/mol. The Morgan fingerprint density at radius 2 is 2.17 bits per heavy atom. The van der Waals surface area contributed by atoms with Gasteiger partial charge in [0, 0.05) is 6.54 Å². The van der Waals surface area contributed by atoms with Gasteiger partial charge in [-0.05, 0) is 67.8 Å². The minimum absolute atomic E-state index is 0.307. The lowest BCUT2D eigenvalue weighted by Crippen LogP contribution is -2.40. The van der Waals surface area contributed by atoms with Crippen LogP contribution in [0.3, 0.4) is 0 Å². The molecule has 0 atom stereocenters. The molecule has 2 rings (SSSR count). The van der Waals surface area contributed by atoms with Gasteiger partial charge < -0.3 is 4.74 Å². The van der Waals surface area contributed by atoms with Crippen LogP contribution >= 0.6 is 22.6 Å².